The first-order valence-electron chi connectivity index (χ1n) is 10.8. The van der Waals surface area contributed by atoms with Crippen LogP contribution in [0, 0.1) is 0 Å². The third-order valence-corrected chi connectivity index (χ3v) is 4.85. The van der Waals surface area contributed by atoms with E-state index in [1.807, 2.05) is 24.3 Å². The molecule has 1 N–H and O–H groups in total. The molecule has 1 aromatic rings. The lowest BCUT2D eigenvalue weighted by Gasteiger charge is -2.06. The molecule has 0 saturated carbocycles. The maximum atomic E-state index is 8.48. The Bertz CT molecular complexity index is 442. The van der Waals surface area contributed by atoms with Crippen molar-refractivity contribution in [1.82, 2.24) is 0 Å². The molecular formula is C23H39NO2. The molecular weight excluding hydrogens is 322 g/mol. The predicted octanol–water partition coefficient (Wildman–Crippen LogP) is 7.35. The number of unbranched alkanes of at least 4 members (excludes halogenated alkanes) is 13. The van der Waals surface area contributed by atoms with Crippen molar-refractivity contribution in [2.75, 3.05) is 6.61 Å². The zero-order valence-corrected chi connectivity index (χ0v) is 16.8. The Hall–Kier alpha value is -1.51. The van der Waals surface area contributed by atoms with Crippen LogP contribution < -0.4 is 4.74 Å². The molecule has 0 heterocycles. The lowest BCUT2D eigenvalue weighted by atomic mass is 10.0. The molecule has 26 heavy (non-hydrogen) atoms. The molecule has 0 aliphatic rings. The van der Waals surface area contributed by atoms with Gasteiger partial charge in [-0.3, -0.25) is 0 Å². The first kappa shape index (κ1) is 22.5. The maximum Gasteiger partial charge on any atom is 0.119 e. The molecule has 0 aliphatic heterocycles. The van der Waals surface area contributed by atoms with Crippen molar-refractivity contribution in [3.05, 3.63) is 29.8 Å². The quantitative estimate of drug-likeness (QED) is 0.136. The van der Waals surface area contributed by atoms with Crippen LogP contribution in [-0.4, -0.2) is 18.0 Å². The lowest BCUT2D eigenvalue weighted by Crippen LogP contribution is -1.97. The first-order chi connectivity index (χ1) is 12.9. The van der Waals surface area contributed by atoms with Gasteiger partial charge in [-0.2, -0.15) is 0 Å². The minimum Gasteiger partial charge on any atom is -0.494 e. The van der Waals surface area contributed by atoms with Crippen LogP contribution in [0.25, 0.3) is 0 Å². The van der Waals surface area contributed by atoms with Crippen molar-refractivity contribution in [2.45, 2.75) is 96.8 Å². The molecule has 3 nitrogen and oxygen atoms in total. The average Bonchev–Trinajstić information content (AvgIpc) is 2.66. The minimum absolute atomic E-state index is 0.783. The summed E-state index contributed by atoms with van der Waals surface area (Å²) in [5, 5.41) is 11.5. The second-order valence-corrected chi connectivity index (χ2v) is 7.26. The second kappa shape index (κ2) is 16.9. The van der Waals surface area contributed by atoms with Crippen LogP contribution in [0.1, 0.15) is 102 Å². The Kier molecular flexibility index (Phi) is 14.7. The predicted molar refractivity (Wildman–Crippen MR) is 112 cm³/mol. The summed E-state index contributed by atoms with van der Waals surface area (Å²) in [7, 11) is 0. The average molecular weight is 362 g/mol. The molecule has 1 rings (SSSR count). The molecule has 0 spiro atoms. The van der Waals surface area contributed by atoms with Crippen LogP contribution >= 0.6 is 0 Å². The molecule has 0 unspecified atom stereocenters. The van der Waals surface area contributed by atoms with E-state index in [0.29, 0.717) is 0 Å². The van der Waals surface area contributed by atoms with Gasteiger partial charge in [0, 0.05) is 0 Å². The SMILES string of the molecule is CCCCCCCCCCCCCCCCOc1ccc(/C=N\O)cc1. The van der Waals surface area contributed by atoms with Gasteiger partial charge in [0.25, 0.3) is 0 Å². The maximum absolute atomic E-state index is 8.48. The molecule has 0 radical (unpaired) electrons. The highest BCUT2D eigenvalue weighted by atomic mass is 16.5. The van der Waals surface area contributed by atoms with Gasteiger partial charge in [-0.05, 0) is 36.2 Å². The van der Waals surface area contributed by atoms with Gasteiger partial charge in [0.2, 0.25) is 0 Å². The summed E-state index contributed by atoms with van der Waals surface area (Å²) in [5.74, 6) is 0.884. The fraction of sp³-hybridized carbons (Fsp3) is 0.696. The Morgan fingerprint density at radius 2 is 1.19 bits per heavy atom. The fourth-order valence-corrected chi connectivity index (χ4v) is 3.20. The van der Waals surface area contributed by atoms with Crippen LogP contribution in [0.15, 0.2) is 29.4 Å². The van der Waals surface area contributed by atoms with E-state index in [1.165, 1.54) is 89.7 Å². The third kappa shape index (κ3) is 12.8. The Balaban J connectivity index is 1.82. The number of hydrogen-bond acceptors (Lipinski definition) is 3. The minimum atomic E-state index is 0.783. The highest BCUT2D eigenvalue weighted by Gasteiger charge is 1.96. The number of benzene rings is 1. The molecule has 0 aromatic heterocycles. The van der Waals surface area contributed by atoms with Crippen molar-refractivity contribution in [1.29, 1.82) is 0 Å². The van der Waals surface area contributed by atoms with Crippen molar-refractivity contribution in [3.8, 4) is 5.75 Å². The van der Waals surface area contributed by atoms with Crippen molar-refractivity contribution >= 4 is 6.21 Å². The number of hydrogen-bond donors (Lipinski definition) is 1. The largest absolute Gasteiger partial charge is 0.494 e. The molecule has 0 atom stereocenters. The van der Waals surface area contributed by atoms with E-state index in [2.05, 4.69) is 12.1 Å². The molecule has 3 heteroatoms. The standard InChI is InChI=1S/C23H39NO2/c1-2-3-4-5-6-7-8-9-10-11-12-13-14-15-20-26-23-18-16-22(17-19-23)21-24-25/h16-19,21,25H,2-15,20H2,1H3/b24-21-. The van der Waals surface area contributed by atoms with Crippen LogP contribution in [0.4, 0.5) is 0 Å². The van der Waals surface area contributed by atoms with Gasteiger partial charge in [0.05, 0.1) is 12.8 Å². The monoisotopic (exact) mass is 361 g/mol. The van der Waals surface area contributed by atoms with Gasteiger partial charge >= 0.3 is 0 Å². The van der Waals surface area contributed by atoms with Gasteiger partial charge in [-0.1, -0.05) is 95.6 Å². The van der Waals surface area contributed by atoms with Gasteiger partial charge in [0.15, 0.2) is 0 Å². The lowest BCUT2D eigenvalue weighted by molar-refractivity contribution is 0.304. The third-order valence-electron chi connectivity index (χ3n) is 4.85. The highest BCUT2D eigenvalue weighted by Crippen LogP contribution is 2.14. The molecule has 0 saturated heterocycles. The van der Waals surface area contributed by atoms with Crippen LogP contribution in [-0.2, 0) is 0 Å². The zero-order chi connectivity index (χ0) is 18.7. The van der Waals surface area contributed by atoms with Crippen LogP contribution in [0.3, 0.4) is 0 Å². The van der Waals surface area contributed by atoms with Gasteiger partial charge in [-0.25, -0.2) is 0 Å². The topological polar surface area (TPSA) is 41.8 Å². The summed E-state index contributed by atoms with van der Waals surface area (Å²) in [4.78, 5) is 0. The summed E-state index contributed by atoms with van der Waals surface area (Å²) < 4.78 is 5.74. The van der Waals surface area contributed by atoms with Gasteiger partial charge in [-0.15, -0.1) is 0 Å². The Morgan fingerprint density at radius 1 is 0.731 bits per heavy atom. The number of rotatable bonds is 17. The van der Waals surface area contributed by atoms with E-state index in [4.69, 9.17) is 9.94 Å². The van der Waals surface area contributed by atoms with E-state index in [-0.39, 0.29) is 0 Å². The van der Waals surface area contributed by atoms with E-state index in [1.54, 1.807) is 0 Å². The Morgan fingerprint density at radius 3 is 1.65 bits per heavy atom. The summed E-state index contributed by atoms with van der Waals surface area (Å²) in [5.41, 5.74) is 0.872. The zero-order valence-electron chi connectivity index (χ0n) is 16.8. The van der Waals surface area contributed by atoms with Crippen molar-refractivity contribution in [2.24, 2.45) is 5.16 Å². The summed E-state index contributed by atoms with van der Waals surface area (Å²) in [6.07, 6.45) is 20.7. The highest BCUT2D eigenvalue weighted by molar-refractivity contribution is 5.79. The molecule has 1 aromatic carbocycles. The van der Waals surface area contributed by atoms with Crippen molar-refractivity contribution < 1.29 is 9.94 Å². The molecule has 0 aliphatic carbocycles. The normalized spacial score (nSPS) is 11.3. The molecule has 0 fully saturated rings. The summed E-state index contributed by atoms with van der Waals surface area (Å²) >= 11 is 0. The molecule has 0 amide bonds. The van der Waals surface area contributed by atoms with Gasteiger partial charge in [0.1, 0.15) is 5.75 Å². The fourth-order valence-electron chi connectivity index (χ4n) is 3.20. The smallest absolute Gasteiger partial charge is 0.119 e. The molecule has 0 bridgehead atoms. The van der Waals surface area contributed by atoms with Crippen molar-refractivity contribution in [3.63, 3.8) is 0 Å². The summed E-state index contributed by atoms with van der Waals surface area (Å²) in [6, 6.07) is 7.61. The number of nitrogens with zero attached hydrogens (tertiary/aromatic N) is 1. The van der Waals surface area contributed by atoms with E-state index in [0.717, 1.165) is 24.3 Å². The van der Waals surface area contributed by atoms with Crippen LogP contribution in [0.2, 0.25) is 0 Å². The summed E-state index contributed by atoms with van der Waals surface area (Å²) in [6.45, 7) is 3.06. The van der Waals surface area contributed by atoms with Gasteiger partial charge < -0.3 is 9.94 Å². The number of ether oxygens (including phenoxy) is 1. The molecule has 148 valence electrons. The van der Waals surface area contributed by atoms with E-state index < -0.39 is 0 Å². The first-order valence-corrected chi connectivity index (χ1v) is 10.8. The second-order valence-electron chi connectivity index (χ2n) is 7.26. The number of oxime groups is 1. The van der Waals surface area contributed by atoms with E-state index in [9.17, 15) is 0 Å². The van der Waals surface area contributed by atoms with E-state index >= 15 is 0 Å². The Labute approximate surface area is 160 Å². The van der Waals surface area contributed by atoms with Crippen LogP contribution in [0.5, 0.6) is 5.75 Å².